The number of hydrazine groups is 1. The summed E-state index contributed by atoms with van der Waals surface area (Å²) in [6, 6.07) is 3.50. The maximum Gasteiger partial charge on any atom is 0.424 e. The largest absolute Gasteiger partial charge is 0.447 e. The molecule has 110 valence electrons. The molecule has 0 aromatic carbocycles. The molecule has 8 heteroatoms. The van der Waals surface area contributed by atoms with Crippen LogP contribution in [0.15, 0.2) is 17.5 Å². The number of hydrogen-bond donors (Lipinski definition) is 1. The zero-order chi connectivity index (χ0) is 14.4. The molecule has 2 aliphatic rings. The van der Waals surface area contributed by atoms with Crippen molar-refractivity contribution in [3.63, 3.8) is 0 Å². The highest BCUT2D eigenvalue weighted by Crippen LogP contribution is 2.09. The monoisotopic (exact) mass is 299 g/mol. The van der Waals surface area contributed by atoms with Gasteiger partial charge in [-0.2, -0.15) is 0 Å². The molecule has 2 saturated heterocycles. The van der Waals surface area contributed by atoms with Crippen molar-refractivity contribution in [2.75, 3.05) is 39.5 Å². The highest BCUT2D eigenvalue weighted by atomic mass is 32.1. The zero-order valence-electron chi connectivity index (χ0n) is 11.0. The molecule has 20 heavy (non-hydrogen) atoms. The van der Waals surface area contributed by atoms with Crippen LogP contribution in [-0.2, 0) is 9.47 Å². The van der Waals surface area contributed by atoms with Gasteiger partial charge in [-0.3, -0.25) is 4.79 Å². The lowest BCUT2D eigenvalue weighted by Gasteiger charge is -2.32. The van der Waals surface area contributed by atoms with Gasteiger partial charge in [0.05, 0.1) is 24.6 Å². The van der Waals surface area contributed by atoms with Crippen LogP contribution in [-0.4, -0.2) is 61.5 Å². The molecule has 0 saturated carbocycles. The van der Waals surface area contributed by atoms with Gasteiger partial charge in [0.25, 0.3) is 5.91 Å². The van der Waals surface area contributed by atoms with E-state index < -0.39 is 0 Å². The van der Waals surface area contributed by atoms with Crippen molar-refractivity contribution < 1.29 is 19.1 Å². The molecule has 2 aliphatic heterocycles. The second kappa shape index (κ2) is 7.22. The van der Waals surface area contributed by atoms with E-state index >= 15 is 0 Å². The van der Waals surface area contributed by atoms with E-state index in [1.165, 1.54) is 11.3 Å². The Bertz CT molecular complexity index is 446. The molecule has 0 aliphatic carbocycles. The average Bonchev–Trinajstić information content (AvgIpc) is 3.11. The molecule has 0 spiro atoms. The number of carbonyl (C=O) groups is 2. The fourth-order valence-corrected chi connectivity index (χ4v) is 2.43. The molecule has 0 unspecified atom stereocenters. The van der Waals surface area contributed by atoms with E-state index in [9.17, 15) is 9.59 Å². The van der Waals surface area contributed by atoms with E-state index in [1.807, 2.05) is 10.4 Å². The Kier molecular flexibility index (Phi) is 5.33. The number of morpholine rings is 1. The Morgan fingerprint density at radius 3 is 2.45 bits per heavy atom. The van der Waals surface area contributed by atoms with Crippen molar-refractivity contribution in [1.29, 1.82) is 0 Å². The third-order valence-corrected chi connectivity index (χ3v) is 3.72. The molecule has 3 heterocycles. The van der Waals surface area contributed by atoms with Gasteiger partial charge in [-0.25, -0.2) is 14.8 Å². The molecular formula is C12H17N3O4S. The van der Waals surface area contributed by atoms with Crippen LogP contribution in [0, 0.1) is 0 Å². The predicted molar refractivity (Wildman–Crippen MR) is 73.3 cm³/mol. The summed E-state index contributed by atoms with van der Waals surface area (Å²) in [6.45, 7) is 4.16. The Morgan fingerprint density at radius 2 is 2.00 bits per heavy atom. The van der Waals surface area contributed by atoms with Gasteiger partial charge in [0.15, 0.2) is 0 Å². The summed E-state index contributed by atoms with van der Waals surface area (Å²) in [4.78, 5) is 22.0. The number of rotatable bonds is 2. The van der Waals surface area contributed by atoms with Gasteiger partial charge in [0.2, 0.25) is 0 Å². The number of ether oxygens (including phenoxy) is 2. The van der Waals surface area contributed by atoms with Crippen LogP contribution in [0.3, 0.4) is 0 Å². The topological polar surface area (TPSA) is 85.1 Å². The molecule has 1 aromatic rings. The molecule has 3 rings (SSSR count). The number of thiophene rings is 1. The molecule has 7 nitrogen and oxygen atoms in total. The van der Waals surface area contributed by atoms with Crippen molar-refractivity contribution in [3.8, 4) is 0 Å². The second-order valence-corrected chi connectivity index (χ2v) is 5.09. The number of carbonyl (C=O) groups excluding carboxylic acids is 2. The van der Waals surface area contributed by atoms with Gasteiger partial charge in [0, 0.05) is 13.1 Å². The zero-order valence-corrected chi connectivity index (χ0v) is 11.8. The highest BCUT2D eigenvalue weighted by Gasteiger charge is 2.28. The number of nitrogens with two attached hydrogens (primary N) is 1. The highest BCUT2D eigenvalue weighted by molar-refractivity contribution is 7.12. The maximum atomic E-state index is 11.1. The second-order valence-electron chi connectivity index (χ2n) is 4.15. The van der Waals surface area contributed by atoms with Gasteiger partial charge in [-0.1, -0.05) is 6.07 Å². The minimum absolute atomic E-state index is 0.225. The molecule has 0 radical (unpaired) electrons. The van der Waals surface area contributed by atoms with Gasteiger partial charge in [0.1, 0.15) is 6.61 Å². The molecule has 0 atom stereocenters. The van der Waals surface area contributed by atoms with Gasteiger partial charge in [-0.15, -0.1) is 11.3 Å². The first-order valence-corrected chi connectivity index (χ1v) is 7.16. The number of hydrogen-bond acceptors (Lipinski definition) is 6. The van der Waals surface area contributed by atoms with Crippen LogP contribution >= 0.6 is 11.3 Å². The number of nitrogens with zero attached hydrogens (tertiary/aromatic N) is 2. The lowest BCUT2D eigenvalue weighted by atomic mass is 10.5. The molecule has 0 bridgehead atoms. The molecule has 2 N–H and O–H groups in total. The van der Waals surface area contributed by atoms with E-state index in [4.69, 9.17) is 15.2 Å². The fourth-order valence-electron chi connectivity index (χ4n) is 1.86. The smallest absolute Gasteiger partial charge is 0.424 e. The third kappa shape index (κ3) is 3.92. The van der Waals surface area contributed by atoms with E-state index in [2.05, 4.69) is 0 Å². The van der Waals surface area contributed by atoms with Crippen LogP contribution in [0.1, 0.15) is 9.67 Å². The lowest BCUT2D eigenvalue weighted by Crippen LogP contribution is -2.49. The van der Waals surface area contributed by atoms with E-state index in [0.717, 1.165) is 13.1 Å². The SMILES string of the molecule is NC(=O)c1cccs1.O=C1OCCN1N1CCOCC1. The minimum Gasteiger partial charge on any atom is -0.447 e. The summed E-state index contributed by atoms with van der Waals surface area (Å²) < 4.78 is 10.00. The van der Waals surface area contributed by atoms with Gasteiger partial charge < -0.3 is 15.2 Å². The summed E-state index contributed by atoms with van der Waals surface area (Å²) in [5.41, 5.74) is 4.93. The number of primary amides is 1. The number of cyclic esters (lactones) is 1. The predicted octanol–water partition coefficient (Wildman–Crippen LogP) is 0.533. The molecule has 2 fully saturated rings. The first-order chi connectivity index (χ1) is 9.68. The minimum atomic E-state index is -0.347. The van der Waals surface area contributed by atoms with E-state index in [-0.39, 0.29) is 12.0 Å². The summed E-state index contributed by atoms with van der Waals surface area (Å²) >= 11 is 1.36. The Balaban J connectivity index is 0.000000160. The lowest BCUT2D eigenvalue weighted by molar-refractivity contribution is -0.0564. The van der Waals surface area contributed by atoms with Crippen LogP contribution in [0.4, 0.5) is 4.79 Å². The molecule has 2 amide bonds. The van der Waals surface area contributed by atoms with Crippen LogP contribution in [0.25, 0.3) is 0 Å². The van der Waals surface area contributed by atoms with Crippen LogP contribution < -0.4 is 5.73 Å². The summed E-state index contributed by atoms with van der Waals surface area (Å²) in [5.74, 6) is -0.347. The van der Waals surface area contributed by atoms with Gasteiger partial charge >= 0.3 is 6.09 Å². The van der Waals surface area contributed by atoms with E-state index in [0.29, 0.717) is 31.2 Å². The summed E-state index contributed by atoms with van der Waals surface area (Å²) in [7, 11) is 0. The third-order valence-electron chi connectivity index (χ3n) is 2.83. The van der Waals surface area contributed by atoms with Crippen molar-refractivity contribution in [3.05, 3.63) is 22.4 Å². The Hall–Kier alpha value is -1.64. The van der Waals surface area contributed by atoms with Crippen molar-refractivity contribution in [1.82, 2.24) is 10.0 Å². The fraction of sp³-hybridized carbons (Fsp3) is 0.500. The van der Waals surface area contributed by atoms with Gasteiger partial charge in [-0.05, 0) is 11.4 Å². The van der Waals surface area contributed by atoms with Crippen LogP contribution in [0.2, 0.25) is 0 Å². The maximum absolute atomic E-state index is 11.1. The van der Waals surface area contributed by atoms with E-state index in [1.54, 1.807) is 17.1 Å². The van der Waals surface area contributed by atoms with Crippen LogP contribution in [0.5, 0.6) is 0 Å². The average molecular weight is 299 g/mol. The molecule has 1 aromatic heterocycles. The molecular weight excluding hydrogens is 282 g/mol. The standard InChI is InChI=1S/C7H12N2O3.C5H5NOS/c10-7-9(3-6-12-7)8-1-4-11-5-2-8;6-5(7)4-2-1-3-8-4/h1-6H2;1-3H,(H2,6,7). The summed E-state index contributed by atoms with van der Waals surface area (Å²) in [6.07, 6.45) is -0.225. The first kappa shape index (κ1) is 14.8. The Morgan fingerprint density at radius 1 is 1.25 bits per heavy atom. The first-order valence-electron chi connectivity index (χ1n) is 6.28. The number of amides is 2. The van der Waals surface area contributed by atoms with Crippen molar-refractivity contribution in [2.24, 2.45) is 5.73 Å². The summed E-state index contributed by atoms with van der Waals surface area (Å²) in [5, 5.41) is 5.46. The Labute approximate surface area is 120 Å². The van der Waals surface area contributed by atoms with Crippen molar-refractivity contribution in [2.45, 2.75) is 0 Å². The normalized spacial score (nSPS) is 19.2. The van der Waals surface area contributed by atoms with Crippen molar-refractivity contribution >= 4 is 23.3 Å². The quantitative estimate of drug-likeness (QED) is 0.861.